The van der Waals surface area contributed by atoms with Gasteiger partial charge in [-0.1, -0.05) is 18.5 Å². The van der Waals surface area contributed by atoms with Gasteiger partial charge in [0.05, 0.1) is 16.5 Å². The summed E-state index contributed by atoms with van der Waals surface area (Å²) < 4.78 is 37.6. The number of carboxylic acid groups (broad SMARTS) is 1. The third kappa shape index (κ3) is 2.82. The fourth-order valence-corrected chi connectivity index (χ4v) is 2.57. The number of alkyl halides is 3. The van der Waals surface area contributed by atoms with Crippen LogP contribution in [0.2, 0.25) is 5.02 Å². The summed E-state index contributed by atoms with van der Waals surface area (Å²) in [7, 11) is 0. The van der Waals surface area contributed by atoms with E-state index in [4.69, 9.17) is 16.7 Å². The average Bonchev–Trinajstić information content (AvgIpc) is 2.69. The highest BCUT2D eigenvalue weighted by Crippen LogP contribution is 2.36. The molecule has 1 aromatic heterocycles. The summed E-state index contributed by atoms with van der Waals surface area (Å²) in [4.78, 5) is 16.4. The second-order valence-corrected chi connectivity index (χ2v) is 5.26. The summed E-state index contributed by atoms with van der Waals surface area (Å²) in [6.07, 6.45) is -3.79. The minimum Gasteiger partial charge on any atom is -0.481 e. The number of rotatable bonds is 2. The number of halogens is 4. The molecule has 1 aliphatic heterocycles. The highest BCUT2D eigenvalue weighted by Gasteiger charge is 2.37. The molecule has 0 aromatic carbocycles. The van der Waals surface area contributed by atoms with Crippen molar-refractivity contribution in [2.75, 3.05) is 18.0 Å². The molecule has 0 spiro atoms. The Morgan fingerprint density at radius 2 is 2.15 bits per heavy atom. The number of aliphatic carboxylic acids is 1. The number of hydrogen-bond acceptors (Lipinski definition) is 3. The van der Waals surface area contributed by atoms with Crippen molar-refractivity contribution in [3.63, 3.8) is 0 Å². The number of hydrogen-bond donors (Lipinski definition) is 1. The molecule has 4 nitrogen and oxygen atoms in total. The van der Waals surface area contributed by atoms with Crippen LogP contribution in [0.15, 0.2) is 12.3 Å². The van der Waals surface area contributed by atoms with Crippen molar-refractivity contribution >= 4 is 23.4 Å². The van der Waals surface area contributed by atoms with Gasteiger partial charge in [0.1, 0.15) is 5.82 Å². The first-order valence-corrected chi connectivity index (χ1v) is 6.28. The van der Waals surface area contributed by atoms with E-state index in [9.17, 15) is 18.0 Å². The molecule has 110 valence electrons. The molecular weight excluding hydrogens is 297 g/mol. The van der Waals surface area contributed by atoms with E-state index < -0.39 is 23.6 Å². The van der Waals surface area contributed by atoms with E-state index in [-0.39, 0.29) is 23.3 Å². The predicted octanol–water partition coefficient (Wildman–Crippen LogP) is 2.91. The van der Waals surface area contributed by atoms with Crippen LogP contribution in [0, 0.1) is 11.8 Å². The Kier molecular flexibility index (Phi) is 3.82. The number of pyridine rings is 1. The molecule has 1 aliphatic rings. The largest absolute Gasteiger partial charge is 0.481 e. The second kappa shape index (κ2) is 5.12. The number of aromatic nitrogens is 1. The zero-order valence-corrected chi connectivity index (χ0v) is 11.2. The average molecular weight is 309 g/mol. The first-order chi connectivity index (χ1) is 9.20. The summed E-state index contributed by atoms with van der Waals surface area (Å²) in [6, 6.07) is 0.808. The normalized spacial score (nSPS) is 23.1. The molecule has 0 aliphatic carbocycles. The number of carboxylic acids is 1. The van der Waals surface area contributed by atoms with Crippen molar-refractivity contribution in [2.45, 2.75) is 13.1 Å². The quantitative estimate of drug-likeness (QED) is 0.912. The van der Waals surface area contributed by atoms with Crippen molar-refractivity contribution in [3.8, 4) is 0 Å². The Bertz CT molecular complexity index is 536. The van der Waals surface area contributed by atoms with Crippen molar-refractivity contribution < 1.29 is 23.1 Å². The zero-order valence-electron chi connectivity index (χ0n) is 10.5. The molecular formula is C12H12ClF3N2O2. The highest BCUT2D eigenvalue weighted by atomic mass is 35.5. The van der Waals surface area contributed by atoms with Crippen LogP contribution >= 0.6 is 11.6 Å². The Morgan fingerprint density at radius 3 is 2.60 bits per heavy atom. The van der Waals surface area contributed by atoms with Gasteiger partial charge in [0.2, 0.25) is 0 Å². The van der Waals surface area contributed by atoms with Crippen LogP contribution in [0.1, 0.15) is 12.5 Å². The van der Waals surface area contributed by atoms with E-state index in [1.54, 1.807) is 11.8 Å². The maximum absolute atomic E-state index is 12.5. The van der Waals surface area contributed by atoms with Crippen molar-refractivity contribution in [3.05, 3.63) is 22.8 Å². The Balaban J connectivity index is 2.25. The lowest BCUT2D eigenvalue weighted by atomic mass is 9.99. The highest BCUT2D eigenvalue weighted by molar-refractivity contribution is 6.33. The van der Waals surface area contributed by atoms with Gasteiger partial charge in [-0.15, -0.1) is 0 Å². The molecule has 1 fully saturated rings. The van der Waals surface area contributed by atoms with E-state index in [0.717, 1.165) is 6.07 Å². The third-order valence-electron chi connectivity index (χ3n) is 3.38. The minimum atomic E-state index is -4.50. The third-order valence-corrected chi connectivity index (χ3v) is 3.66. The minimum absolute atomic E-state index is 0.118. The van der Waals surface area contributed by atoms with E-state index >= 15 is 0 Å². The van der Waals surface area contributed by atoms with E-state index in [1.165, 1.54) is 0 Å². The van der Waals surface area contributed by atoms with Gasteiger partial charge < -0.3 is 10.0 Å². The molecule has 1 N–H and O–H groups in total. The molecule has 2 atom stereocenters. The Labute approximate surface area is 118 Å². The number of carbonyl (C=O) groups is 1. The molecule has 0 radical (unpaired) electrons. The molecule has 2 rings (SSSR count). The lowest BCUT2D eigenvalue weighted by Gasteiger charge is -2.19. The van der Waals surface area contributed by atoms with Crippen LogP contribution in [-0.4, -0.2) is 29.1 Å². The number of anilines is 1. The topological polar surface area (TPSA) is 53.4 Å². The van der Waals surface area contributed by atoms with Gasteiger partial charge in [0.25, 0.3) is 0 Å². The molecule has 0 amide bonds. The molecule has 2 heterocycles. The van der Waals surface area contributed by atoms with Crippen molar-refractivity contribution in [1.82, 2.24) is 4.98 Å². The van der Waals surface area contributed by atoms with Crippen LogP contribution < -0.4 is 4.90 Å². The molecule has 1 aromatic rings. The van der Waals surface area contributed by atoms with Crippen LogP contribution in [0.3, 0.4) is 0 Å². The molecule has 1 saturated heterocycles. The SMILES string of the molecule is C[C@@H]1CN(c2ncc(C(F)(F)F)cc2Cl)C[C@H]1C(=O)O. The lowest BCUT2D eigenvalue weighted by molar-refractivity contribution is -0.142. The van der Waals surface area contributed by atoms with Gasteiger partial charge >= 0.3 is 12.1 Å². The van der Waals surface area contributed by atoms with Crippen LogP contribution in [0.25, 0.3) is 0 Å². The Morgan fingerprint density at radius 1 is 1.50 bits per heavy atom. The van der Waals surface area contributed by atoms with Gasteiger partial charge in [-0.25, -0.2) is 4.98 Å². The lowest BCUT2D eigenvalue weighted by Crippen LogP contribution is -2.24. The van der Waals surface area contributed by atoms with E-state index in [2.05, 4.69) is 4.98 Å². The van der Waals surface area contributed by atoms with E-state index in [0.29, 0.717) is 12.7 Å². The maximum Gasteiger partial charge on any atom is 0.417 e. The molecule has 0 bridgehead atoms. The molecule has 0 unspecified atom stereocenters. The summed E-state index contributed by atoms with van der Waals surface area (Å²) in [5.41, 5.74) is -0.923. The molecule has 8 heteroatoms. The monoisotopic (exact) mass is 308 g/mol. The molecule has 0 saturated carbocycles. The summed E-state index contributed by atoms with van der Waals surface area (Å²) >= 11 is 5.84. The van der Waals surface area contributed by atoms with Gasteiger partial charge in [0, 0.05) is 19.3 Å². The fraction of sp³-hybridized carbons (Fsp3) is 0.500. The van der Waals surface area contributed by atoms with Crippen molar-refractivity contribution in [1.29, 1.82) is 0 Å². The summed E-state index contributed by atoms with van der Waals surface area (Å²) in [5, 5.41) is 8.91. The summed E-state index contributed by atoms with van der Waals surface area (Å²) in [5.74, 6) is -1.43. The smallest absolute Gasteiger partial charge is 0.417 e. The van der Waals surface area contributed by atoms with Gasteiger partial charge in [-0.2, -0.15) is 13.2 Å². The fourth-order valence-electron chi connectivity index (χ4n) is 2.28. The first kappa shape index (κ1) is 14.9. The predicted molar refractivity (Wildman–Crippen MR) is 66.8 cm³/mol. The zero-order chi connectivity index (χ0) is 15.1. The van der Waals surface area contributed by atoms with Crippen LogP contribution in [0.4, 0.5) is 19.0 Å². The van der Waals surface area contributed by atoms with E-state index in [1.807, 2.05) is 0 Å². The second-order valence-electron chi connectivity index (χ2n) is 4.85. The van der Waals surface area contributed by atoms with Gasteiger partial charge in [-0.05, 0) is 12.0 Å². The van der Waals surface area contributed by atoms with Gasteiger partial charge in [0.15, 0.2) is 0 Å². The van der Waals surface area contributed by atoms with Gasteiger partial charge in [-0.3, -0.25) is 4.79 Å². The number of nitrogens with zero attached hydrogens (tertiary/aromatic N) is 2. The van der Waals surface area contributed by atoms with Crippen molar-refractivity contribution in [2.24, 2.45) is 11.8 Å². The first-order valence-electron chi connectivity index (χ1n) is 5.90. The van der Waals surface area contributed by atoms with Crippen LogP contribution in [-0.2, 0) is 11.0 Å². The molecule has 20 heavy (non-hydrogen) atoms. The standard InChI is InChI=1S/C12H12ClF3N2O2/c1-6-4-18(5-8(6)11(19)20)10-9(13)2-7(3-17-10)12(14,15)16/h2-3,6,8H,4-5H2,1H3,(H,19,20)/t6-,8-/m1/s1. The Hall–Kier alpha value is -1.50. The summed E-state index contributed by atoms with van der Waals surface area (Å²) in [6.45, 7) is 2.36. The van der Waals surface area contributed by atoms with Crippen LogP contribution in [0.5, 0.6) is 0 Å². The maximum atomic E-state index is 12.5.